The molecule has 1 amide bonds. The maximum atomic E-state index is 12.8. The van der Waals surface area contributed by atoms with Crippen LogP contribution in [-0.4, -0.2) is 60.9 Å². The van der Waals surface area contributed by atoms with Crippen LogP contribution < -0.4 is 9.47 Å². The lowest BCUT2D eigenvalue weighted by Gasteiger charge is -2.32. The first-order chi connectivity index (χ1) is 12.0. The molecule has 1 atom stereocenters. The molecule has 1 aliphatic rings. The Morgan fingerprint density at radius 2 is 2.00 bits per heavy atom. The van der Waals surface area contributed by atoms with Crippen molar-refractivity contribution >= 4 is 11.9 Å². The molecule has 0 aliphatic carbocycles. The number of carbonyl (C=O) groups is 2. The fourth-order valence-electron chi connectivity index (χ4n) is 2.85. The number of rotatable bonds is 8. The second-order valence-electron chi connectivity index (χ2n) is 5.75. The van der Waals surface area contributed by atoms with Crippen LogP contribution >= 0.6 is 0 Å². The van der Waals surface area contributed by atoms with Crippen LogP contribution in [0, 0.1) is 0 Å². The first kappa shape index (κ1) is 19.1. The molecule has 1 aromatic carbocycles. The fourth-order valence-corrected chi connectivity index (χ4v) is 2.85. The largest absolute Gasteiger partial charge is 0.490 e. The minimum absolute atomic E-state index is 0.0761. The van der Waals surface area contributed by atoms with Crippen molar-refractivity contribution in [2.45, 2.75) is 32.8 Å². The van der Waals surface area contributed by atoms with Crippen LogP contribution in [0.2, 0.25) is 0 Å². The van der Waals surface area contributed by atoms with E-state index in [1.54, 1.807) is 23.1 Å². The van der Waals surface area contributed by atoms with E-state index in [0.29, 0.717) is 43.4 Å². The highest BCUT2D eigenvalue weighted by atomic mass is 16.5. The van der Waals surface area contributed by atoms with Crippen molar-refractivity contribution in [3.8, 4) is 11.5 Å². The Kier molecular flexibility index (Phi) is 7.06. The molecule has 0 aromatic heterocycles. The number of benzene rings is 1. The zero-order chi connectivity index (χ0) is 18.2. The quantitative estimate of drug-likeness (QED) is 0.773. The summed E-state index contributed by atoms with van der Waals surface area (Å²) >= 11 is 0. The Hall–Kier alpha value is -2.28. The van der Waals surface area contributed by atoms with Crippen molar-refractivity contribution in [1.29, 1.82) is 0 Å². The first-order valence-electron chi connectivity index (χ1n) is 8.57. The Morgan fingerprint density at radius 1 is 1.20 bits per heavy atom. The van der Waals surface area contributed by atoms with Gasteiger partial charge in [0.2, 0.25) is 0 Å². The van der Waals surface area contributed by atoms with Gasteiger partial charge in [0.05, 0.1) is 12.7 Å². The van der Waals surface area contributed by atoms with E-state index in [9.17, 15) is 9.59 Å². The van der Waals surface area contributed by atoms with Crippen LogP contribution in [-0.2, 0) is 9.53 Å². The average Bonchev–Trinajstić information content (AvgIpc) is 2.60. The highest BCUT2D eigenvalue weighted by Crippen LogP contribution is 2.29. The van der Waals surface area contributed by atoms with Crippen LogP contribution in [0.3, 0.4) is 0 Å². The smallest absolute Gasteiger partial charge is 0.341 e. The number of nitrogens with zero attached hydrogens (tertiary/aromatic N) is 1. The fraction of sp³-hybridized carbons (Fsp3) is 0.556. The molecule has 1 aromatic rings. The molecule has 138 valence electrons. The summed E-state index contributed by atoms with van der Waals surface area (Å²) in [6.07, 6.45) is 1.95. The number of aliphatic carboxylic acids is 1. The molecule has 7 nitrogen and oxygen atoms in total. The molecule has 0 unspecified atom stereocenters. The summed E-state index contributed by atoms with van der Waals surface area (Å²) in [7, 11) is 0. The van der Waals surface area contributed by atoms with Crippen molar-refractivity contribution < 1.29 is 28.9 Å². The van der Waals surface area contributed by atoms with Gasteiger partial charge in [-0.1, -0.05) is 0 Å². The van der Waals surface area contributed by atoms with Crippen LogP contribution in [0.15, 0.2) is 18.2 Å². The number of amides is 1. The van der Waals surface area contributed by atoms with Crippen LogP contribution in [0.4, 0.5) is 0 Å². The number of ether oxygens (including phenoxy) is 3. The van der Waals surface area contributed by atoms with Gasteiger partial charge < -0.3 is 24.2 Å². The Bertz CT molecular complexity index is 601. The summed E-state index contributed by atoms with van der Waals surface area (Å²) < 4.78 is 16.3. The summed E-state index contributed by atoms with van der Waals surface area (Å²) in [6, 6.07) is 4.81. The van der Waals surface area contributed by atoms with Gasteiger partial charge in [-0.3, -0.25) is 4.79 Å². The summed E-state index contributed by atoms with van der Waals surface area (Å²) in [5.74, 6) is -0.479. The number of piperidine rings is 1. The highest BCUT2D eigenvalue weighted by molar-refractivity contribution is 5.95. The molecule has 0 bridgehead atoms. The zero-order valence-electron chi connectivity index (χ0n) is 14.7. The first-order valence-corrected chi connectivity index (χ1v) is 8.57. The molecule has 1 fully saturated rings. The molecule has 0 spiro atoms. The molecule has 1 aliphatic heterocycles. The summed E-state index contributed by atoms with van der Waals surface area (Å²) in [5.41, 5.74) is 0.489. The molecule has 25 heavy (non-hydrogen) atoms. The Morgan fingerprint density at radius 3 is 2.68 bits per heavy atom. The van der Waals surface area contributed by atoms with E-state index < -0.39 is 12.6 Å². The van der Waals surface area contributed by atoms with E-state index in [2.05, 4.69) is 0 Å². The SMILES string of the molecule is CCOc1cc(C(=O)N2CCC[C@H](OCC)C2)ccc1OCC(=O)O. The lowest BCUT2D eigenvalue weighted by molar-refractivity contribution is -0.139. The van der Waals surface area contributed by atoms with Gasteiger partial charge in [-0.05, 0) is 44.9 Å². The van der Waals surface area contributed by atoms with Gasteiger partial charge in [0.25, 0.3) is 5.91 Å². The van der Waals surface area contributed by atoms with E-state index in [-0.39, 0.29) is 12.0 Å². The molecular formula is C18H25NO6. The molecule has 0 saturated carbocycles. The molecular weight excluding hydrogens is 326 g/mol. The van der Waals surface area contributed by atoms with Gasteiger partial charge in [-0.2, -0.15) is 0 Å². The van der Waals surface area contributed by atoms with E-state index >= 15 is 0 Å². The number of hydrogen-bond donors (Lipinski definition) is 1. The predicted octanol–water partition coefficient (Wildman–Crippen LogP) is 2.19. The standard InChI is InChI=1S/C18H25NO6/c1-3-23-14-6-5-9-19(11-14)18(22)13-7-8-15(25-12-17(20)21)16(10-13)24-4-2/h7-8,10,14H,3-6,9,11-12H2,1-2H3,(H,20,21)/t14-/m0/s1. The van der Waals surface area contributed by atoms with Crippen molar-refractivity contribution in [3.05, 3.63) is 23.8 Å². The second kappa shape index (κ2) is 9.27. The monoisotopic (exact) mass is 351 g/mol. The van der Waals surface area contributed by atoms with Crippen molar-refractivity contribution in [2.75, 3.05) is 32.9 Å². The van der Waals surface area contributed by atoms with E-state index in [0.717, 1.165) is 12.8 Å². The maximum absolute atomic E-state index is 12.8. The lowest BCUT2D eigenvalue weighted by Crippen LogP contribution is -2.43. The van der Waals surface area contributed by atoms with E-state index in [4.69, 9.17) is 19.3 Å². The number of carboxylic acids is 1. The predicted molar refractivity (Wildman–Crippen MR) is 91.3 cm³/mol. The average molecular weight is 351 g/mol. The van der Waals surface area contributed by atoms with Gasteiger partial charge >= 0.3 is 5.97 Å². The topological polar surface area (TPSA) is 85.3 Å². The van der Waals surface area contributed by atoms with Crippen LogP contribution in [0.25, 0.3) is 0 Å². The van der Waals surface area contributed by atoms with Gasteiger partial charge in [-0.15, -0.1) is 0 Å². The molecule has 0 radical (unpaired) electrons. The van der Waals surface area contributed by atoms with Crippen molar-refractivity contribution in [1.82, 2.24) is 4.90 Å². The third-order valence-electron chi connectivity index (χ3n) is 3.91. The van der Waals surface area contributed by atoms with Crippen molar-refractivity contribution in [3.63, 3.8) is 0 Å². The lowest BCUT2D eigenvalue weighted by atomic mass is 10.1. The molecule has 1 saturated heterocycles. The zero-order valence-corrected chi connectivity index (χ0v) is 14.7. The molecule has 1 N–H and O–H groups in total. The Labute approximate surface area is 147 Å². The molecule has 7 heteroatoms. The summed E-state index contributed by atoms with van der Waals surface area (Å²) in [5, 5.41) is 8.74. The Balaban J connectivity index is 2.13. The second-order valence-corrected chi connectivity index (χ2v) is 5.75. The molecule has 1 heterocycles. The number of hydrogen-bond acceptors (Lipinski definition) is 5. The summed E-state index contributed by atoms with van der Waals surface area (Å²) in [6.45, 7) is 5.60. The van der Waals surface area contributed by atoms with Gasteiger partial charge in [0.15, 0.2) is 18.1 Å². The van der Waals surface area contributed by atoms with Gasteiger partial charge in [0.1, 0.15) is 0 Å². The number of carboxylic acid groups (broad SMARTS) is 1. The minimum Gasteiger partial charge on any atom is -0.490 e. The third-order valence-corrected chi connectivity index (χ3v) is 3.91. The molecule has 2 rings (SSSR count). The third kappa shape index (κ3) is 5.35. The summed E-state index contributed by atoms with van der Waals surface area (Å²) in [4.78, 5) is 25.2. The van der Waals surface area contributed by atoms with Gasteiger partial charge in [-0.25, -0.2) is 4.79 Å². The van der Waals surface area contributed by atoms with E-state index in [1.807, 2.05) is 13.8 Å². The minimum atomic E-state index is -1.07. The van der Waals surface area contributed by atoms with E-state index in [1.165, 1.54) is 0 Å². The number of likely N-dealkylation sites (tertiary alicyclic amines) is 1. The van der Waals surface area contributed by atoms with Gasteiger partial charge in [0, 0.05) is 25.3 Å². The van der Waals surface area contributed by atoms with Crippen molar-refractivity contribution in [2.24, 2.45) is 0 Å². The highest BCUT2D eigenvalue weighted by Gasteiger charge is 2.25. The number of carbonyl (C=O) groups excluding carboxylic acids is 1. The normalized spacial score (nSPS) is 17.2. The van der Waals surface area contributed by atoms with Crippen LogP contribution in [0.1, 0.15) is 37.0 Å². The van der Waals surface area contributed by atoms with Crippen LogP contribution in [0.5, 0.6) is 11.5 Å². The maximum Gasteiger partial charge on any atom is 0.341 e.